The predicted molar refractivity (Wildman–Crippen MR) is 85.6 cm³/mol. The first-order chi connectivity index (χ1) is 11.3. The highest BCUT2D eigenvalue weighted by Gasteiger charge is 2.58. The number of carbonyl (C=O) groups is 2. The van der Waals surface area contributed by atoms with E-state index >= 15 is 0 Å². The fraction of sp³-hybridized carbons (Fsp3) is 0.812. The SMILES string of the molecule is CCOC(=O)C1(C)CCN(C2=NOC3(CN(C(=O)O)C3)C2C)CC1. The van der Waals surface area contributed by atoms with Crippen LogP contribution in [0.3, 0.4) is 0 Å². The van der Waals surface area contributed by atoms with Crippen LogP contribution in [-0.2, 0) is 14.4 Å². The van der Waals surface area contributed by atoms with Gasteiger partial charge in [-0.3, -0.25) is 9.69 Å². The second-order valence-corrected chi connectivity index (χ2v) is 7.23. The van der Waals surface area contributed by atoms with Crippen molar-refractivity contribution in [1.82, 2.24) is 9.80 Å². The summed E-state index contributed by atoms with van der Waals surface area (Å²) in [7, 11) is 0. The number of piperidine rings is 1. The first kappa shape index (κ1) is 16.9. The van der Waals surface area contributed by atoms with Gasteiger partial charge in [-0.05, 0) is 26.7 Å². The number of ether oxygens (including phenoxy) is 1. The summed E-state index contributed by atoms with van der Waals surface area (Å²) >= 11 is 0. The van der Waals surface area contributed by atoms with Crippen LogP contribution in [0.25, 0.3) is 0 Å². The van der Waals surface area contributed by atoms with Crippen LogP contribution in [0.1, 0.15) is 33.6 Å². The van der Waals surface area contributed by atoms with E-state index in [4.69, 9.17) is 14.7 Å². The summed E-state index contributed by atoms with van der Waals surface area (Å²) < 4.78 is 5.19. The van der Waals surface area contributed by atoms with Gasteiger partial charge in [0.15, 0.2) is 11.4 Å². The summed E-state index contributed by atoms with van der Waals surface area (Å²) in [6.45, 7) is 8.36. The van der Waals surface area contributed by atoms with E-state index in [-0.39, 0.29) is 11.9 Å². The Balaban J connectivity index is 1.58. The van der Waals surface area contributed by atoms with Crippen LogP contribution >= 0.6 is 0 Å². The minimum Gasteiger partial charge on any atom is -0.466 e. The number of carboxylic acid groups (broad SMARTS) is 1. The molecular weight excluding hydrogens is 314 g/mol. The molecule has 3 heterocycles. The number of hydrogen-bond donors (Lipinski definition) is 1. The van der Waals surface area contributed by atoms with Gasteiger partial charge in [0.05, 0.1) is 31.0 Å². The van der Waals surface area contributed by atoms with Crippen molar-refractivity contribution in [3.05, 3.63) is 0 Å². The molecule has 0 aromatic heterocycles. The third-order valence-electron chi connectivity index (χ3n) is 5.64. The zero-order chi connectivity index (χ0) is 17.5. The molecule has 0 aromatic rings. The molecule has 8 nitrogen and oxygen atoms in total. The third kappa shape index (κ3) is 2.57. The zero-order valence-electron chi connectivity index (χ0n) is 14.4. The lowest BCUT2D eigenvalue weighted by Gasteiger charge is -2.47. The summed E-state index contributed by atoms with van der Waals surface area (Å²) in [4.78, 5) is 32.2. The third-order valence-corrected chi connectivity index (χ3v) is 5.64. The van der Waals surface area contributed by atoms with Crippen LogP contribution < -0.4 is 0 Å². The Morgan fingerprint density at radius 2 is 2.00 bits per heavy atom. The molecule has 1 atom stereocenters. The Hall–Kier alpha value is -1.99. The second-order valence-electron chi connectivity index (χ2n) is 7.23. The highest BCUT2D eigenvalue weighted by atomic mass is 16.7. The number of esters is 1. The standard InChI is InChI=1S/C16H25N3O5/c1-4-23-13(20)15(3)5-7-18(8-6-15)12-11(2)16(24-17-12)9-19(10-16)14(21)22/h11H,4-10H2,1-3H3,(H,21,22). The Morgan fingerprint density at radius 1 is 1.38 bits per heavy atom. The van der Waals surface area contributed by atoms with Crippen molar-refractivity contribution in [1.29, 1.82) is 0 Å². The molecule has 1 spiro atoms. The van der Waals surface area contributed by atoms with Gasteiger partial charge in [0.25, 0.3) is 0 Å². The molecule has 3 aliphatic rings. The molecule has 0 bridgehead atoms. The monoisotopic (exact) mass is 339 g/mol. The predicted octanol–water partition coefficient (Wildman–Crippen LogP) is 1.36. The van der Waals surface area contributed by atoms with E-state index < -0.39 is 17.1 Å². The smallest absolute Gasteiger partial charge is 0.407 e. The van der Waals surface area contributed by atoms with E-state index in [0.717, 1.165) is 18.9 Å². The van der Waals surface area contributed by atoms with Crippen LogP contribution in [0.5, 0.6) is 0 Å². The van der Waals surface area contributed by atoms with Crippen LogP contribution in [0.2, 0.25) is 0 Å². The van der Waals surface area contributed by atoms with Gasteiger partial charge in [-0.2, -0.15) is 0 Å². The van der Waals surface area contributed by atoms with Gasteiger partial charge in [0.1, 0.15) is 0 Å². The van der Waals surface area contributed by atoms with E-state index in [9.17, 15) is 9.59 Å². The van der Waals surface area contributed by atoms with Crippen molar-refractivity contribution < 1.29 is 24.3 Å². The summed E-state index contributed by atoms with van der Waals surface area (Å²) in [6.07, 6.45) is 0.505. The highest BCUT2D eigenvalue weighted by molar-refractivity contribution is 5.87. The number of likely N-dealkylation sites (tertiary alicyclic amines) is 2. The van der Waals surface area contributed by atoms with Crippen LogP contribution in [-0.4, -0.2) is 71.2 Å². The second kappa shape index (κ2) is 5.82. The molecule has 1 unspecified atom stereocenters. The summed E-state index contributed by atoms with van der Waals surface area (Å²) in [5.74, 6) is 0.779. The normalized spacial score (nSPS) is 27.3. The van der Waals surface area contributed by atoms with Crippen molar-refractivity contribution in [2.45, 2.75) is 39.2 Å². The van der Waals surface area contributed by atoms with Gasteiger partial charge < -0.3 is 19.6 Å². The van der Waals surface area contributed by atoms with Gasteiger partial charge in [-0.25, -0.2) is 4.79 Å². The number of oxime groups is 1. The Kier molecular flexibility index (Phi) is 4.09. The van der Waals surface area contributed by atoms with E-state index in [0.29, 0.717) is 32.5 Å². The maximum Gasteiger partial charge on any atom is 0.407 e. The topological polar surface area (TPSA) is 91.7 Å². The van der Waals surface area contributed by atoms with Gasteiger partial charge in [0.2, 0.25) is 0 Å². The minimum absolute atomic E-state index is 0.0417. The molecule has 2 fully saturated rings. The van der Waals surface area contributed by atoms with Crippen LogP contribution in [0.4, 0.5) is 4.79 Å². The number of nitrogens with zero attached hydrogens (tertiary/aromatic N) is 3. The molecule has 0 radical (unpaired) electrons. The zero-order valence-corrected chi connectivity index (χ0v) is 14.4. The van der Waals surface area contributed by atoms with Crippen LogP contribution in [0, 0.1) is 11.3 Å². The summed E-state index contributed by atoms with van der Waals surface area (Å²) in [6, 6.07) is 0. The Morgan fingerprint density at radius 3 is 2.54 bits per heavy atom. The molecule has 3 aliphatic heterocycles. The molecular formula is C16H25N3O5. The first-order valence-electron chi connectivity index (χ1n) is 8.47. The van der Waals surface area contributed by atoms with E-state index in [1.165, 1.54) is 4.90 Å². The average molecular weight is 339 g/mol. The number of hydrogen-bond acceptors (Lipinski definition) is 6. The van der Waals surface area contributed by atoms with Gasteiger partial charge in [-0.15, -0.1) is 0 Å². The summed E-state index contributed by atoms with van der Waals surface area (Å²) in [5.41, 5.74) is -0.959. The van der Waals surface area contributed by atoms with Crippen molar-refractivity contribution in [2.24, 2.45) is 16.5 Å². The molecule has 2 saturated heterocycles. The van der Waals surface area contributed by atoms with E-state index in [1.54, 1.807) is 0 Å². The average Bonchev–Trinajstić information content (AvgIpc) is 2.84. The summed E-state index contributed by atoms with van der Waals surface area (Å²) in [5, 5.41) is 13.3. The van der Waals surface area contributed by atoms with Gasteiger partial charge >= 0.3 is 12.1 Å². The van der Waals surface area contributed by atoms with Gasteiger partial charge in [0, 0.05) is 13.1 Å². The number of carbonyl (C=O) groups excluding carboxylic acids is 1. The van der Waals surface area contributed by atoms with Crippen LogP contribution in [0.15, 0.2) is 5.16 Å². The Bertz CT molecular complexity index is 562. The number of rotatable bonds is 2. The molecule has 1 N–H and O–H groups in total. The van der Waals surface area contributed by atoms with Gasteiger partial charge in [-0.1, -0.05) is 12.1 Å². The van der Waals surface area contributed by atoms with Crippen molar-refractivity contribution in [3.63, 3.8) is 0 Å². The molecule has 3 rings (SSSR count). The molecule has 24 heavy (non-hydrogen) atoms. The lowest BCUT2D eigenvalue weighted by atomic mass is 9.78. The molecule has 0 saturated carbocycles. The number of amidine groups is 1. The molecule has 8 heteroatoms. The maximum atomic E-state index is 12.1. The first-order valence-corrected chi connectivity index (χ1v) is 8.47. The Labute approximate surface area is 141 Å². The quantitative estimate of drug-likeness (QED) is 0.764. The van der Waals surface area contributed by atoms with E-state index in [1.807, 2.05) is 20.8 Å². The fourth-order valence-electron chi connectivity index (χ4n) is 3.67. The lowest BCUT2D eigenvalue weighted by Crippen LogP contribution is -2.67. The van der Waals surface area contributed by atoms with Crippen molar-refractivity contribution in [3.8, 4) is 0 Å². The molecule has 0 aromatic carbocycles. The number of amides is 1. The van der Waals surface area contributed by atoms with Crippen molar-refractivity contribution in [2.75, 3.05) is 32.8 Å². The lowest BCUT2D eigenvalue weighted by molar-refractivity contribution is -0.156. The van der Waals surface area contributed by atoms with E-state index in [2.05, 4.69) is 10.1 Å². The maximum absolute atomic E-state index is 12.1. The fourth-order valence-corrected chi connectivity index (χ4v) is 3.67. The highest BCUT2D eigenvalue weighted by Crippen LogP contribution is 2.41. The minimum atomic E-state index is -0.923. The van der Waals surface area contributed by atoms with Crippen molar-refractivity contribution >= 4 is 17.9 Å². The molecule has 0 aliphatic carbocycles. The molecule has 1 amide bonds. The molecule has 134 valence electrons. The largest absolute Gasteiger partial charge is 0.466 e.